The zero-order valence-corrected chi connectivity index (χ0v) is 7.19. The predicted octanol–water partition coefficient (Wildman–Crippen LogP) is -2.23. The molecule has 0 aromatic carbocycles. The van der Waals surface area contributed by atoms with Crippen LogP contribution in [0.2, 0.25) is 0 Å². The molecular weight excluding hydrogens is 160 g/mol. The number of β-amino-alcohol motifs (C(OH)–C–C–N with tert-alkyl or cyclic N) is 1. The second kappa shape index (κ2) is 3.38. The minimum absolute atomic E-state index is 0.209. The summed E-state index contributed by atoms with van der Waals surface area (Å²) in [6.45, 7) is 0.269. The molecule has 1 saturated heterocycles. The van der Waals surface area contributed by atoms with Crippen LogP contribution in [0.25, 0.3) is 0 Å². The third-order valence-corrected chi connectivity index (χ3v) is 1.99. The third kappa shape index (κ3) is 1.57. The third-order valence-electron chi connectivity index (χ3n) is 1.99. The summed E-state index contributed by atoms with van der Waals surface area (Å²) in [7, 11) is 3.23. The first-order valence-electron chi connectivity index (χ1n) is 3.84. The van der Waals surface area contributed by atoms with Gasteiger partial charge in [-0.15, -0.1) is 0 Å². The van der Waals surface area contributed by atoms with Gasteiger partial charge in [-0.25, -0.2) is 0 Å². The number of amides is 1. The molecule has 1 aliphatic heterocycles. The van der Waals surface area contributed by atoms with Gasteiger partial charge in [0, 0.05) is 20.6 Å². The highest BCUT2D eigenvalue weighted by Crippen LogP contribution is 2.09. The molecule has 5 nitrogen and oxygen atoms in total. The fraction of sp³-hybridized carbons (Fsp3) is 0.857. The van der Waals surface area contributed by atoms with Crippen LogP contribution in [0.3, 0.4) is 0 Å². The van der Waals surface area contributed by atoms with Crippen LogP contribution < -0.4 is 5.32 Å². The highest BCUT2D eigenvalue weighted by Gasteiger charge is 2.38. The number of nitrogens with one attached hydrogen (secondary N) is 1. The van der Waals surface area contributed by atoms with Gasteiger partial charge in [-0.05, 0) is 0 Å². The Balaban J connectivity index is 2.59. The van der Waals surface area contributed by atoms with Gasteiger partial charge in [0.05, 0.1) is 6.10 Å². The van der Waals surface area contributed by atoms with Crippen LogP contribution >= 0.6 is 0 Å². The van der Waals surface area contributed by atoms with E-state index in [1.165, 1.54) is 4.90 Å². The maximum atomic E-state index is 11.3. The van der Waals surface area contributed by atoms with Crippen molar-refractivity contribution >= 4 is 5.91 Å². The standard InChI is InChI=1S/C7H14N2O3/c1-9(2)7(12)5-6(11)4(10)3-8-5/h4-6,8,10-11H,3H2,1-2H3. The number of hydrogen-bond acceptors (Lipinski definition) is 4. The topological polar surface area (TPSA) is 72.8 Å². The molecule has 3 unspecified atom stereocenters. The fourth-order valence-corrected chi connectivity index (χ4v) is 1.22. The second-order valence-electron chi connectivity index (χ2n) is 3.18. The number of aliphatic hydroxyl groups is 2. The molecule has 0 bridgehead atoms. The summed E-state index contributed by atoms with van der Waals surface area (Å²) in [6.07, 6.45) is -1.82. The van der Waals surface area contributed by atoms with Gasteiger partial charge in [0.15, 0.2) is 0 Å². The van der Waals surface area contributed by atoms with Crippen LogP contribution in [0.4, 0.5) is 0 Å². The van der Waals surface area contributed by atoms with Crippen molar-refractivity contribution in [3.8, 4) is 0 Å². The molecule has 1 heterocycles. The van der Waals surface area contributed by atoms with Gasteiger partial charge >= 0.3 is 0 Å². The molecule has 0 aromatic heterocycles. The molecule has 0 spiro atoms. The Hall–Kier alpha value is -0.650. The molecule has 12 heavy (non-hydrogen) atoms. The van der Waals surface area contributed by atoms with E-state index in [0.717, 1.165) is 0 Å². The van der Waals surface area contributed by atoms with E-state index in [1.807, 2.05) is 0 Å². The van der Waals surface area contributed by atoms with Gasteiger partial charge in [-0.2, -0.15) is 0 Å². The lowest BCUT2D eigenvalue weighted by molar-refractivity contribution is -0.133. The summed E-state index contributed by atoms with van der Waals surface area (Å²) in [6, 6.07) is -0.657. The molecule has 70 valence electrons. The molecule has 0 radical (unpaired) electrons. The lowest BCUT2D eigenvalue weighted by Gasteiger charge is -2.19. The monoisotopic (exact) mass is 174 g/mol. The first kappa shape index (κ1) is 9.44. The van der Waals surface area contributed by atoms with Gasteiger partial charge in [0.2, 0.25) is 5.91 Å². The molecule has 1 rings (SSSR count). The summed E-state index contributed by atoms with van der Waals surface area (Å²) < 4.78 is 0. The number of nitrogens with zero attached hydrogens (tertiary/aromatic N) is 1. The molecule has 0 saturated carbocycles. The van der Waals surface area contributed by atoms with Crippen molar-refractivity contribution in [2.75, 3.05) is 20.6 Å². The first-order chi connectivity index (χ1) is 5.54. The average Bonchev–Trinajstić information content (AvgIpc) is 2.32. The van der Waals surface area contributed by atoms with E-state index in [2.05, 4.69) is 5.32 Å². The van der Waals surface area contributed by atoms with Crippen molar-refractivity contribution in [3.63, 3.8) is 0 Å². The largest absolute Gasteiger partial charge is 0.389 e. The lowest BCUT2D eigenvalue weighted by atomic mass is 10.1. The highest BCUT2D eigenvalue weighted by molar-refractivity contribution is 5.82. The van der Waals surface area contributed by atoms with E-state index >= 15 is 0 Å². The molecule has 0 aromatic rings. The van der Waals surface area contributed by atoms with Crippen LogP contribution in [0.5, 0.6) is 0 Å². The second-order valence-corrected chi connectivity index (χ2v) is 3.18. The van der Waals surface area contributed by atoms with Crippen LogP contribution in [0.1, 0.15) is 0 Å². The Morgan fingerprint density at radius 2 is 2.08 bits per heavy atom. The number of carbonyl (C=O) groups is 1. The van der Waals surface area contributed by atoms with Crippen LogP contribution in [0, 0.1) is 0 Å². The molecule has 0 aliphatic carbocycles. The van der Waals surface area contributed by atoms with Crippen molar-refractivity contribution in [1.29, 1.82) is 0 Å². The van der Waals surface area contributed by atoms with Gasteiger partial charge in [-0.1, -0.05) is 0 Å². The molecule has 3 N–H and O–H groups in total. The van der Waals surface area contributed by atoms with E-state index in [4.69, 9.17) is 5.11 Å². The highest BCUT2D eigenvalue weighted by atomic mass is 16.3. The maximum Gasteiger partial charge on any atom is 0.241 e. The Kier molecular flexibility index (Phi) is 2.66. The van der Waals surface area contributed by atoms with E-state index < -0.39 is 18.2 Å². The number of carbonyl (C=O) groups excluding carboxylic acids is 1. The van der Waals surface area contributed by atoms with Gasteiger partial charge in [0.1, 0.15) is 12.1 Å². The quantitative estimate of drug-likeness (QED) is 0.420. The molecular formula is C7H14N2O3. The Morgan fingerprint density at radius 3 is 2.42 bits per heavy atom. The zero-order valence-electron chi connectivity index (χ0n) is 7.19. The predicted molar refractivity (Wildman–Crippen MR) is 42.5 cm³/mol. The number of rotatable bonds is 1. The van der Waals surface area contributed by atoms with Crippen molar-refractivity contribution < 1.29 is 15.0 Å². The number of aliphatic hydroxyl groups excluding tert-OH is 2. The number of hydrogen-bond donors (Lipinski definition) is 3. The summed E-state index contributed by atoms with van der Waals surface area (Å²) in [5.41, 5.74) is 0. The Morgan fingerprint density at radius 1 is 1.50 bits per heavy atom. The van der Waals surface area contributed by atoms with Crippen molar-refractivity contribution in [3.05, 3.63) is 0 Å². The molecule has 3 atom stereocenters. The van der Waals surface area contributed by atoms with Gasteiger partial charge < -0.3 is 20.4 Å². The van der Waals surface area contributed by atoms with Crippen molar-refractivity contribution in [2.24, 2.45) is 0 Å². The molecule has 5 heteroatoms. The van der Waals surface area contributed by atoms with Crippen LogP contribution in [0.15, 0.2) is 0 Å². The average molecular weight is 174 g/mol. The first-order valence-corrected chi connectivity index (χ1v) is 3.84. The van der Waals surface area contributed by atoms with Crippen molar-refractivity contribution in [2.45, 2.75) is 18.2 Å². The number of likely N-dealkylation sites (N-methyl/N-ethyl adjacent to an activating group) is 1. The summed E-state index contributed by atoms with van der Waals surface area (Å²) in [4.78, 5) is 12.7. The summed E-state index contributed by atoms with van der Waals surface area (Å²) in [5.74, 6) is -0.209. The molecule has 1 fully saturated rings. The van der Waals surface area contributed by atoms with Crippen LogP contribution in [-0.4, -0.2) is 59.9 Å². The Labute approximate surface area is 71.0 Å². The van der Waals surface area contributed by atoms with Crippen LogP contribution in [-0.2, 0) is 4.79 Å². The van der Waals surface area contributed by atoms with E-state index in [1.54, 1.807) is 14.1 Å². The van der Waals surface area contributed by atoms with Crippen molar-refractivity contribution in [1.82, 2.24) is 10.2 Å². The fourth-order valence-electron chi connectivity index (χ4n) is 1.22. The van der Waals surface area contributed by atoms with E-state index in [0.29, 0.717) is 0 Å². The molecule has 1 amide bonds. The minimum atomic E-state index is -0.986. The van der Waals surface area contributed by atoms with E-state index in [-0.39, 0.29) is 12.5 Å². The molecule has 1 aliphatic rings. The Bertz CT molecular complexity index is 183. The smallest absolute Gasteiger partial charge is 0.241 e. The van der Waals surface area contributed by atoms with Gasteiger partial charge in [0.25, 0.3) is 0 Å². The SMILES string of the molecule is CN(C)C(=O)C1NCC(O)C1O. The zero-order chi connectivity index (χ0) is 9.30. The minimum Gasteiger partial charge on any atom is -0.389 e. The maximum absolute atomic E-state index is 11.3. The van der Waals surface area contributed by atoms with E-state index in [9.17, 15) is 9.90 Å². The summed E-state index contributed by atoms with van der Waals surface area (Å²) in [5, 5.41) is 21.2. The normalized spacial score (nSPS) is 35.2. The van der Waals surface area contributed by atoms with Gasteiger partial charge in [-0.3, -0.25) is 4.79 Å². The summed E-state index contributed by atoms with van der Waals surface area (Å²) >= 11 is 0. The lowest BCUT2D eigenvalue weighted by Crippen LogP contribution is -2.46.